The van der Waals surface area contributed by atoms with Crippen molar-refractivity contribution in [3.05, 3.63) is 47.5 Å². The standard InChI is InChI=1S/C14H17N/c1-15-14-11-6-4-8-13(14)12-7-3-2-5-10(12)9-11/h2-7,11,13-15H,8-9H2,1H3/t11-,13-,14+/m0/s1. The van der Waals surface area contributed by atoms with E-state index in [1.807, 2.05) is 0 Å². The lowest BCUT2D eigenvalue weighted by Crippen LogP contribution is -2.44. The number of hydrogen-bond donors (Lipinski definition) is 1. The van der Waals surface area contributed by atoms with Crippen molar-refractivity contribution in [1.82, 2.24) is 5.32 Å². The molecule has 0 saturated carbocycles. The Balaban J connectivity index is 2.08. The molecule has 0 aliphatic heterocycles. The summed E-state index contributed by atoms with van der Waals surface area (Å²) in [5.41, 5.74) is 3.13. The fraction of sp³-hybridized carbons (Fsp3) is 0.429. The van der Waals surface area contributed by atoms with Gasteiger partial charge in [-0.3, -0.25) is 0 Å². The fourth-order valence-corrected chi connectivity index (χ4v) is 3.23. The molecule has 0 fully saturated rings. The zero-order valence-corrected chi connectivity index (χ0v) is 9.11. The van der Waals surface area contributed by atoms with Crippen LogP contribution in [0.1, 0.15) is 23.5 Å². The summed E-state index contributed by atoms with van der Waals surface area (Å²) in [6.07, 6.45) is 7.15. The molecule has 1 N–H and O–H groups in total. The molecule has 0 saturated heterocycles. The van der Waals surface area contributed by atoms with Gasteiger partial charge >= 0.3 is 0 Å². The van der Waals surface area contributed by atoms with Crippen LogP contribution in [0.5, 0.6) is 0 Å². The highest BCUT2D eigenvalue weighted by atomic mass is 14.9. The molecule has 0 amide bonds. The van der Waals surface area contributed by atoms with Crippen LogP contribution in [0, 0.1) is 5.92 Å². The van der Waals surface area contributed by atoms with Crippen LogP contribution in [0.2, 0.25) is 0 Å². The average Bonchev–Trinajstić information content (AvgIpc) is 2.28. The minimum atomic E-state index is 0.643. The van der Waals surface area contributed by atoms with E-state index in [1.54, 1.807) is 11.1 Å². The van der Waals surface area contributed by atoms with Crippen LogP contribution < -0.4 is 5.32 Å². The predicted molar refractivity (Wildman–Crippen MR) is 63.0 cm³/mol. The van der Waals surface area contributed by atoms with E-state index in [2.05, 4.69) is 48.8 Å². The van der Waals surface area contributed by atoms with E-state index in [-0.39, 0.29) is 0 Å². The zero-order valence-electron chi connectivity index (χ0n) is 9.11. The van der Waals surface area contributed by atoms with Crippen LogP contribution in [-0.2, 0) is 6.42 Å². The Bertz CT molecular complexity index is 394. The van der Waals surface area contributed by atoms with E-state index >= 15 is 0 Å². The number of benzene rings is 1. The summed E-state index contributed by atoms with van der Waals surface area (Å²) >= 11 is 0. The van der Waals surface area contributed by atoms with Crippen molar-refractivity contribution in [3.8, 4) is 0 Å². The van der Waals surface area contributed by atoms with E-state index in [9.17, 15) is 0 Å². The molecule has 1 heteroatoms. The Morgan fingerprint density at radius 2 is 2.13 bits per heavy atom. The number of likely N-dealkylation sites (N-methyl/N-ethyl adjacent to an activating group) is 1. The lowest BCUT2D eigenvalue weighted by Gasteiger charge is -2.40. The lowest BCUT2D eigenvalue weighted by atomic mass is 9.69. The number of allylic oxidation sites excluding steroid dienone is 1. The topological polar surface area (TPSA) is 12.0 Å². The number of hydrogen-bond acceptors (Lipinski definition) is 1. The first-order valence-electron chi connectivity index (χ1n) is 5.82. The highest BCUT2D eigenvalue weighted by Crippen LogP contribution is 2.40. The summed E-state index contributed by atoms with van der Waals surface area (Å²) in [6, 6.07) is 9.58. The van der Waals surface area contributed by atoms with Crippen LogP contribution in [-0.4, -0.2) is 13.1 Å². The summed E-state index contributed by atoms with van der Waals surface area (Å²) in [5, 5.41) is 3.50. The molecule has 2 aliphatic carbocycles. The zero-order chi connectivity index (χ0) is 10.3. The maximum absolute atomic E-state index is 3.50. The van der Waals surface area contributed by atoms with Gasteiger partial charge < -0.3 is 5.32 Å². The monoisotopic (exact) mass is 199 g/mol. The Labute approximate surface area is 91.2 Å². The van der Waals surface area contributed by atoms with Crippen molar-refractivity contribution in [3.63, 3.8) is 0 Å². The smallest absolute Gasteiger partial charge is 0.0202 e. The summed E-state index contributed by atoms with van der Waals surface area (Å²) < 4.78 is 0. The van der Waals surface area contributed by atoms with E-state index in [0.29, 0.717) is 17.9 Å². The lowest BCUT2D eigenvalue weighted by molar-refractivity contribution is 0.330. The SMILES string of the molecule is CN[C@@H]1[C@H]2C=CC[C@H]1c1ccccc1C2. The second-order valence-corrected chi connectivity index (χ2v) is 4.65. The van der Waals surface area contributed by atoms with Gasteiger partial charge in [-0.25, -0.2) is 0 Å². The first-order chi connectivity index (χ1) is 7.40. The van der Waals surface area contributed by atoms with Crippen LogP contribution >= 0.6 is 0 Å². The Kier molecular flexibility index (Phi) is 2.14. The fourth-order valence-electron chi connectivity index (χ4n) is 3.23. The third-order valence-electron chi connectivity index (χ3n) is 3.91. The quantitative estimate of drug-likeness (QED) is 0.685. The summed E-state index contributed by atoms with van der Waals surface area (Å²) in [5.74, 6) is 1.39. The van der Waals surface area contributed by atoms with Gasteiger partial charge in [-0.1, -0.05) is 36.4 Å². The van der Waals surface area contributed by atoms with Crippen molar-refractivity contribution < 1.29 is 0 Å². The molecule has 2 bridgehead atoms. The van der Waals surface area contributed by atoms with Crippen molar-refractivity contribution in [2.45, 2.75) is 24.8 Å². The van der Waals surface area contributed by atoms with Gasteiger partial charge in [0.2, 0.25) is 0 Å². The molecule has 15 heavy (non-hydrogen) atoms. The van der Waals surface area contributed by atoms with Gasteiger partial charge in [0.15, 0.2) is 0 Å². The molecule has 78 valence electrons. The van der Waals surface area contributed by atoms with Gasteiger partial charge in [0.1, 0.15) is 0 Å². The van der Waals surface area contributed by atoms with Gasteiger partial charge in [0, 0.05) is 12.0 Å². The second-order valence-electron chi connectivity index (χ2n) is 4.65. The predicted octanol–water partition coefficient (Wildman–Crippen LogP) is 2.49. The van der Waals surface area contributed by atoms with Gasteiger partial charge in [-0.2, -0.15) is 0 Å². The highest BCUT2D eigenvalue weighted by Gasteiger charge is 2.35. The molecule has 2 aliphatic rings. The van der Waals surface area contributed by atoms with E-state index in [1.165, 1.54) is 12.8 Å². The molecule has 0 radical (unpaired) electrons. The van der Waals surface area contributed by atoms with Gasteiger partial charge in [-0.15, -0.1) is 0 Å². The molecular formula is C14H17N. The summed E-state index contributed by atoms with van der Waals surface area (Å²) in [6.45, 7) is 0. The number of fused-ring (bicyclic) bond motifs is 4. The summed E-state index contributed by atoms with van der Waals surface area (Å²) in [7, 11) is 2.10. The molecule has 1 aromatic carbocycles. The second kappa shape index (κ2) is 3.49. The van der Waals surface area contributed by atoms with Crippen LogP contribution in [0.25, 0.3) is 0 Å². The van der Waals surface area contributed by atoms with Gasteiger partial charge in [-0.05, 0) is 36.9 Å². The molecule has 3 atom stereocenters. The van der Waals surface area contributed by atoms with Gasteiger partial charge in [0.05, 0.1) is 0 Å². The number of nitrogens with one attached hydrogen (secondary N) is 1. The third-order valence-corrected chi connectivity index (χ3v) is 3.91. The minimum absolute atomic E-state index is 0.643. The Morgan fingerprint density at radius 1 is 1.27 bits per heavy atom. The molecule has 3 rings (SSSR count). The van der Waals surface area contributed by atoms with Gasteiger partial charge in [0.25, 0.3) is 0 Å². The van der Waals surface area contributed by atoms with Crippen molar-refractivity contribution in [2.24, 2.45) is 5.92 Å². The molecule has 1 aromatic rings. The largest absolute Gasteiger partial charge is 0.316 e. The maximum atomic E-state index is 3.50. The molecule has 1 nitrogen and oxygen atoms in total. The third kappa shape index (κ3) is 1.34. The van der Waals surface area contributed by atoms with Crippen LogP contribution in [0.4, 0.5) is 0 Å². The number of rotatable bonds is 1. The van der Waals surface area contributed by atoms with Crippen molar-refractivity contribution in [1.29, 1.82) is 0 Å². The van der Waals surface area contributed by atoms with E-state index in [0.717, 1.165) is 0 Å². The maximum Gasteiger partial charge on any atom is 0.0202 e. The highest BCUT2D eigenvalue weighted by molar-refractivity contribution is 5.38. The van der Waals surface area contributed by atoms with E-state index < -0.39 is 0 Å². The Morgan fingerprint density at radius 3 is 3.00 bits per heavy atom. The first kappa shape index (κ1) is 9.17. The van der Waals surface area contributed by atoms with Crippen LogP contribution in [0.3, 0.4) is 0 Å². The molecule has 0 spiro atoms. The molecule has 0 unspecified atom stereocenters. The molecule has 0 heterocycles. The minimum Gasteiger partial charge on any atom is -0.316 e. The van der Waals surface area contributed by atoms with Crippen molar-refractivity contribution >= 4 is 0 Å². The molecular weight excluding hydrogens is 182 g/mol. The van der Waals surface area contributed by atoms with Crippen molar-refractivity contribution in [2.75, 3.05) is 7.05 Å². The molecule has 0 aromatic heterocycles. The summed E-state index contributed by atoms with van der Waals surface area (Å²) in [4.78, 5) is 0. The first-order valence-corrected chi connectivity index (χ1v) is 5.82. The Hall–Kier alpha value is -1.08. The average molecular weight is 199 g/mol. The van der Waals surface area contributed by atoms with E-state index in [4.69, 9.17) is 0 Å². The van der Waals surface area contributed by atoms with Crippen LogP contribution in [0.15, 0.2) is 36.4 Å². The normalized spacial score (nSPS) is 32.5.